The van der Waals surface area contributed by atoms with Crippen LogP contribution in [0.25, 0.3) is 0 Å². The molecule has 18 heavy (non-hydrogen) atoms. The van der Waals surface area contributed by atoms with Crippen LogP contribution in [0.4, 0.5) is 0 Å². The molecule has 1 heterocycles. The fraction of sp³-hybridized carbons (Fsp3) is 0.231. The van der Waals surface area contributed by atoms with Crippen LogP contribution in [-0.4, -0.2) is 15.7 Å². The van der Waals surface area contributed by atoms with Crippen LogP contribution < -0.4 is 5.32 Å². The Kier molecular flexibility index (Phi) is 3.67. The zero-order chi connectivity index (χ0) is 13.1. The van der Waals surface area contributed by atoms with Crippen molar-refractivity contribution in [2.75, 3.05) is 0 Å². The van der Waals surface area contributed by atoms with Gasteiger partial charge in [0.2, 0.25) is 0 Å². The summed E-state index contributed by atoms with van der Waals surface area (Å²) < 4.78 is 1.76. The number of aryl methyl sites for hydroxylation is 2. The van der Waals surface area contributed by atoms with Crippen molar-refractivity contribution in [2.24, 2.45) is 7.05 Å². The van der Waals surface area contributed by atoms with Gasteiger partial charge in [0.1, 0.15) is 0 Å². The van der Waals surface area contributed by atoms with E-state index in [0.717, 1.165) is 11.4 Å². The van der Waals surface area contributed by atoms with Crippen LogP contribution in [0.5, 0.6) is 0 Å². The molecule has 0 unspecified atom stereocenters. The highest BCUT2D eigenvalue weighted by atomic mass is 35.5. The zero-order valence-corrected chi connectivity index (χ0v) is 11.0. The highest BCUT2D eigenvalue weighted by Gasteiger charge is 2.07. The minimum Gasteiger partial charge on any atom is -0.346 e. The second kappa shape index (κ2) is 5.23. The maximum Gasteiger partial charge on any atom is 0.251 e. The molecule has 0 aliphatic rings. The van der Waals surface area contributed by atoms with Crippen molar-refractivity contribution in [3.8, 4) is 0 Å². The fourth-order valence-electron chi connectivity index (χ4n) is 1.70. The van der Waals surface area contributed by atoms with Crippen LogP contribution in [-0.2, 0) is 13.6 Å². The number of benzene rings is 1. The van der Waals surface area contributed by atoms with E-state index in [1.54, 1.807) is 28.9 Å². The monoisotopic (exact) mass is 263 g/mol. The van der Waals surface area contributed by atoms with Gasteiger partial charge in [-0.05, 0) is 37.3 Å². The van der Waals surface area contributed by atoms with Gasteiger partial charge in [-0.15, -0.1) is 0 Å². The van der Waals surface area contributed by atoms with Gasteiger partial charge in [-0.25, -0.2) is 0 Å². The summed E-state index contributed by atoms with van der Waals surface area (Å²) in [7, 11) is 1.86. The molecule has 0 bridgehead atoms. The van der Waals surface area contributed by atoms with E-state index in [9.17, 15) is 4.79 Å². The van der Waals surface area contributed by atoms with Crippen molar-refractivity contribution in [1.29, 1.82) is 0 Å². The lowest BCUT2D eigenvalue weighted by atomic mass is 10.2. The number of carbonyl (C=O) groups excluding carboxylic acids is 1. The van der Waals surface area contributed by atoms with Crippen molar-refractivity contribution < 1.29 is 4.79 Å². The highest BCUT2D eigenvalue weighted by Crippen LogP contribution is 2.09. The van der Waals surface area contributed by atoms with Gasteiger partial charge in [0.15, 0.2) is 0 Å². The first kappa shape index (κ1) is 12.6. The number of rotatable bonds is 3. The van der Waals surface area contributed by atoms with Gasteiger partial charge in [-0.3, -0.25) is 9.48 Å². The molecule has 0 radical (unpaired) electrons. The SMILES string of the molecule is Cc1cc(CNC(=O)c2ccc(Cl)cc2)n(C)n1. The molecule has 94 valence electrons. The maximum absolute atomic E-state index is 11.9. The predicted molar refractivity (Wildman–Crippen MR) is 70.6 cm³/mol. The van der Waals surface area contributed by atoms with E-state index < -0.39 is 0 Å². The highest BCUT2D eigenvalue weighted by molar-refractivity contribution is 6.30. The molecule has 4 nitrogen and oxygen atoms in total. The average Bonchev–Trinajstić information content (AvgIpc) is 2.66. The lowest BCUT2D eigenvalue weighted by Crippen LogP contribution is -2.23. The lowest BCUT2D eigenvalue weighted by Gasteiger charge is -2.05. The number of amides is 1. The smallest absolute Gasteiger partial charge is 0.251 e. The first-order chi connectivity index (χ1) is 8.56. The Morgan fingerprint density at radius 1 is 1.39 bits per heavy atom. The summed E-state index contributed by atoms with van der Waals surface area (Å²) in [4.78, 5) is 11.9. The summed E-state index contributed by atoms with van der Waals surface area (Å²) in [6.45, 7) is 2.38. The largest absolute Gasteiger partial charge is 0.346 e. The number of hydrogen-bond donors (Lipinski definition) is 1. The van der Waals surface area contributed by atoms with E-state index in [1.165, 1.54) is 0 Å². The van der Waals surface area contributed by atoms with Crippen molar-refractivity contribution in [1.82, 2.24) is 15.1 Å². The molecule has 1 amide bonds. The van der Waals surface area contributed by atoms with Crippen LogP contribution in [0, 0.1) is 6.92 Å². The van der Waals surface area contributed by atoms with Crippen LogP contribution in [0.15, 0.2) is 30.3 Å². The number of aromatic nitrogens is 2. The minimum atomic E-state index is -0.120. The van der Waals surface area contributed by atoms with Crippen LogP contribution >= 0.6 is 11.6 Å². The van der Waals surface area contributed by atoms with Gasteiger partial charge in [-0.1, -0.05) is 11.6 Å². The summed E-state index contributed by atoms with van der Waals surface area (Å²) in [5, 5.41) is 7.69. The average molecular weight is 264 g/mol. The molecule has 1 aromatic heterocycles. The third-order valence-electron chi connectivity index (χ3n) is 2.64. The Hall–Kier alpha value is -1.81. The van der Waals surface area contributed by atoms with Gasteiger partial charge in [0, 0.05) is 17.6 Å². The Labute approximate surface area is 111 Å². The lowest BCUT2D eigenvalue weighted by molar-refractivity contribution is 0.0950. The van der Waals surface area contributed by atoms with Gasteiger partial charge in [-0.2, -0.15) is 5.10 Å². The molecule has 1 N–H and O–H groups in total. The van der Waals surface area contributed by atoms with E-state index >= 15 is 0 Å². The van der Waals surface area contributed by atoms with Gasteiger partial charge < -0.3 is 5.32 Å². The van der Waals surface area contributed by atoms with Crippen molar-refractivity contribution in [2.45, 2.75) is 13.5 Å². The van der Waals surface area contributed by atoms with Crippen LogP contribution in [0.1, 0.15) is 21.7 Å². The normalized spacial score (nSPS) is 10.4. The summed E-state index contributed by atoms with van der Waals surface area (Å²) in [5.41, 5.74) is 2.50. The fourth-order valence-corrected chi connectivity index (χ4v) is 1.83. The second-order valence-corrected chi connectivity index (χ2v) is 4.53. The predicted octanol–water partition coefficient (Wildman–Crippen LogP) is 2.31. The molecular formula is C13H14ClN3O. The Morgan fingerprint density at radius 3 is 2.61 bits per heavy atom. The molecular weight excluding hydrogens is 250 g/mol. The first-order valence-electron chi connectivity index (χ1n) is 5.59. The van der Waals surface area contributed by atoms with E-state index in [4.69, 9.17) is 11.6 Å². The minimum absolute atomic E-state index is 0.120. The summed E-state index contributed by atoms with van der Waals surface area (Å²) >= 11 is 5.77. The molecule has 0 spiro atoms. The number of hydrogen-bond acceptors (Lipinski definition) is 2. The summed E-state index contributed by atoms with van der Waals surface area (Å²) in [6, 6.07) is 8.75. The maximum atomic E-state index is 11.9. The van der Waals surface area contributed by atoms with E-state index in [1.807, 2.05) is 20.0 Å². The van der Waals surface area contributed by atoms with Gasteiger partial charge in [0.25, 0.3) is 5.91 Å². The number of carbonyl (C=O) groups is 1. The third-order valence-corrected chi connectivity index (χ3v) is 2.89. The molecule has 0 aliphatic heterocycles. The van der Waals surface area contributed by atoms with Crippen LogP contribution in [0.3, 0.4) is 0 Å². The molecule has 2 rings (SSSR count). The molecule has 1 aromatic carbocycles. The summed E-state index contributed by atoms with van der Waals surface area (Å²) in [5.74, 6) is -0.120. The standard InChI is InChI=1S/C13H14ClN3O/c1-9-7-12(17(2)16-9)8-15-13(18)10-3-5-11(14)6-4-10/h3-7H,8H2,1-2H3,(H,15,18). The molecule has 2 aromatic rings. The molecule has 0 saturated heterocycles. The van der Waals surface area contributed by atoms with Crippen molar-refractivity contribution >= 4 is 17.5 Å². The van der Waals surface area contributed by atoms with Crippen molar-refractivity contribution in [3.05, 3.63) is 52.3 Å². The Bertz CT molecular complexity index is 560. The Morgan fingerprint density at radius 2 is 2.06 bits per heavy atom. The van der Waals surface area contributed by atoms with E-state index in [2.05, 4.69) is 10.4 Å². The summed E-state index contributed by atoms with van der Waals surface area (Å²) in [6.07, 6.45) is 0. The second-order valence-electron chi connectivity index (χ2n) is 4.09. The molecule has 0 atom stereocenters. The number of nitrogens with zero attached hydrogens (tertiary/aromatic N) is 2. The molecule has 0 fully saturated rings. The third kappa shape index (κ3) is 2.90. The number of nitrogens with one attached hydrogen (secondary N) is 1. The topological polar surface area (TPSA) is 46.9 Å². The zero-order valence-electron chi connectivity index (χ0n) is 10.3. The Balaban J connectivity index is 2.00. The molecule has 5 heteroatoms. The van der Waals surface area contributed by atoms with Crippen LogP contribution in [0.2, 0.25) is 5.02 Å². The van der Waals surface area contributed by atoms with Gasteiger partial charge >= 0.3 is 0 Å². The van der Waals surface area contributed by atoms with Crippen molar-refractivity contribution in [3.63, 3.8) is 0 Å². The quantitative estimate of drug-likeness (QED) is 0.924. The molecule has 0 aliphatic carbocycles. The van der Waals surface area contributed by atoms with E-state index in [-0.39, 0.29) is 5.91 Å². The van der Waals surface area contributed by atoms with E-state index in [0.29, 0.717) is 17.1 Å². The first-order valence-corrected chi connectivity index (χ1v) is 5.97. The van der Waals surface area contributed by atoms with Gasteiger partial charge in [0.05, 0.1) is 17.9 Å². The number of halogens is 1. The molecule has 0 saturated carbocycles.